The summed E-state index contributed by atoms with van der Waals surface area (Å²) in [5, 5.41) is 4.65. The Hall–Kier alpha value is -3.32. The molecule has 2 aliphatic rings. The SMILES string of the molecule is CCOC(=O)CC1C(=O)N(c2ccc(Cl)cc2)C(C(=O)NC2CCCCC2)c2cc3ccccc3n21. The van der Waals surface area contributed by atoms with Crippen LogP contribution in [0.3, 0.4) is 0 Å². The predicted octanol–water partition coefficient (Wildman–Crippen LogP) is 5.33. The molecule has 1 fully saturated rings. The third kappa shape index (κ3) is 4.60. The number of para-hydroxylation sites is 1. The lowest BCUT2D eigenvalue weighted by Crippen LogP contribution is -2.53. The van der Waals surface area contributed by atoms with Crippen molar-refractivity contribution in [1.82, 2.24) is 9.88 Å². The zero-order valence-electron chi connectivity index (χ0n) is 20.3. The molecule has 0 bridgehead atoms. The van der Waals surface area contributed by atoms with E-state index in [9.17, 15) is 14.4 Å². The smallest absolute Gasteiger partial charge is 0.308 e. The van der Waals surface area contributed by atoms with Crippen LogP contribution in [0.2, 0.25) is 5.02 Å². The summed E-state index contributed by atoms with van der Waals surface area (Å²) >= 11 is 6.13. The molecule has 1 saturated carbocycles. The minimum absolute atomic E-state index is 0.0866. The molecule has 1 aromatic heterocycles. The number of hydrogen-bond donors (Lipinski definition) is 1. The molecule has 7 nitrogen and oxygen atoms in total. The minimum atomic E-state index is -0.883. The summed E-state index contributed by atoms with van der Waals surface area (Å²) in [6.07, 6.45) is 5.08. The van der Waals surface area contributed by atoms with E-state index in [0.29, 0.717) is 16.4 Å². The summed E-state index contributed by atoms with van der Waals surface area (Å²) < 4.78 is 7.06. The number of benzene rings is 2. The van der Waals surface area contributed by atoms with Crippen LogP contribution in [0.15, 0.2) is 54.6 Å². The molecular formula is C28H30ClN3O4. The minimum Gasteiger partial charge on any atom is -0.466 e. The standard InChI is InChI=1S/C28H30ClN3O4/c1-2-36-25(33)17-24-28(35)31(21-14-12-19(29)13-15-21)26(27(34)30-20-9-4-3-5-10-20)23-16-18-8-6-7-11-22(18)32(23)24/h6-8,11-16,20,24,26H,2-5,9-10,17H2,1H3,(H,30,34). The van der Waals surface area contributed by atoms with Gasteiger partial charge in [-0.3, -0.25) is 19.3 Å². The van der Waals surface area contributed by atoms with Crippen LogP contribution in [0.1, 0.15) is 63.2 Å². The first-order chi connectivity index (χ1) is 17.5. The van der Waals surface area contributed by atoms with Gasteiger partial charge < -0.3 is 14.6 Å². The van der Waals surface area contributed by atoms with Gasteiger partial charge in [-0.25, -0.2) is 0 Å². The molecule has 0 saturated heterocycles. The van der Waals surface area contributed by atoms with Crippen molar-refractivity contribution in [3.05, 3.63) is 65.3 Å². The van der Waals surface area contributed by atoms with Crippen molar-refractivity contribution in [3.63, 3.8) is 0 Å². The van der Waals surface area contributed by atoms with Crippen molar-refractivity contribution < 1.29 is 19.1 Å². The van der Waals surface area contributed by atoms with Crippen LogP contribution in [-0.4, -0.2) is 35.0 Å². The Morgan fingerprint density at radius 2 is 1.78 bits per heavy atom. The van der Waals surface area contributed by atoms with Gasteiger partial charge in [-0.2, -0.15) is 0 Å². The molecular weight excluding hydrogens is 478 g/mol. The van der Waals surface area contributed by atoms with Crippen molar-refractivity contribution in [2.24, 2.45) is 0 Å². The summed E-state index contributed by atoms with van der Waals surface area (Å²) in [5.41, 5.74) is 2.04. The highest BCUT2D eigenvalue weighted by Gasteiger charge is 2.45. The Balaban J connectivity index is 1.65. The molecule has 2 amide bonds. The van der Waals surface area contributed by atoms with Crippen molar-refractivity contribution in [3.8, 4) is 0 Å². The van der Waals surface area contributed by atoms with Crippen molar-refractivity contribution in [2.75, 3.05) is 11.5 Å². The molecule has 0 spiro atoms. The Morgan fingerprint density at radius 1 is 1.06 bits per heavy atom. The Kier molecular flexibility index (Phi) is 7.01. The van der Waals surface area contributed by atoms with E-state index in [2.05, 4.69) is 5.32 Å². The van der Waals surface area contributed by atoms with Crippen LogP contribution >= 0.6 is 11.6 Å². The number of rotatable bonds is 6. The second-order valence-corrected chi connectivity index (χ2v) is 9.89. The van der Waals surface area contributed by atoms with Gasteiger partial charge in [-0.1, -0.05) is 49.1 Å². The fraction of sp³-hybridized carbons (Fsp3) is 0.393. The fourth-order valence-corrected chi connectivity index (χ4v) is 5.62. The normalized spacial score (nSPS) is 20.3. The summed E-state index contributed by atoms with van der Waals surface area (Å²) in [6, 6.07) is 14.9. The lowest BCUT2D eigenvalue weighted by Gasteiger charge is -2.40. The zero-order chi connectivity index (χ0) is 25.2. The van der Waals surface area contributed by atoms with E-state index in [0.717, 1.165) is 36.6 Å². The summed E-state index contributed by atoms with van der Waals surface area (Å²) in [5.74, 6) is -1.01. The van der Waals surface area contributed by atoms with Gasteiger partial charge in [-0.15, -0.1) is 0 Å². The summed E-state index contributed by atoms with van der Waals surface area (Å²) in [4.78, 5) is 42.2. The zero-order valence-corrected chi connectivity index (χ0v) is 21.0. The van der Waals surface area contributed by atoms with Crippen LogP contribution in [-0.2, 0) is 19.1 Å². The van der Waals surface area contributed by atoms with Crippen LogP contribution < -0.4 is 10.2 Å². The second kappa shape index (κ2) is 10.3. The summed E-state index contributed by atoms with van der Waals surface area (Å²) in [7, 11) is 0. The highest BCUT2D eigenvalue weighted by molar-refractivity contribution is 6.30. The number of nitrogens with one attached hydrogen (secondary N) is 1. The highest BCUT2D eigenvalue weighted by atomic mass is 35.5. The van der Waals surface area contributed by atoms with Crippen LogP contribution in [0.4, 0.5) is 5.69 Å². The van der Waals surface area contributed by atoms with Gasteiger partial charge in [0, 0.05) is 22.3 Å². The number of carbonyl (C=O) groups excluding carboxylic acids is 3. The van der Waals surface area contributed by atoms with Crippen molar-refractivity contribution in [2.45, 2.75) is 63.6 Å². The van der Waals surface area contributed by atoms with Gasteiger partial charge in [0.2, 0.25) is 5.91 Å². The molecule has 1 aliphatic carbocycles. The van der Waals surface area contributed by atoms with E-state index in [1.807, 2.05) is 34.9 Å². The maximum atomic E-state index is 14.1. The first kappa shape index (κ1) is 24.4. The van der Waals surface area contributed by atoms with E-state index < -0.39 is 18.1 Å². The molecule has 188 valence electrons. The summed E-state index contributed by atoms with van der Waals surface area (Å²) in [6.45, 7) is 1.97. The van der Waals surface area contributed by atoms with Gasteiger partial charge in [0.1, 0.15) is 6.04 Å². The second-order valence-electron chi connectivity index (χ2n) is 9.45. The largest absolute Gasteiger partial charge is 0.466 e. The maximum Gasteiger partial charge on any atom is 0.308 e. The van der Waals surface area contributed by atoms with Crippen molar-refractivity contribution >= 4 is 46.0 Å². The molecule has 3 aromatic rings. The van der Waals surface area contributed by atoms with E-state index in [4.69, 9.17) is 16.3 Å². The lowest BCUT2D eigenvalue weighted by molar-refractivity contribution is -0.146. The molecule has 8 heteroatoms. The van der Waals surface area contributed by atoms with Crippen molar-refractivity contribution in [1.29, 1.82) is 0 Å². The molecule has 1 N–H and O–H groups in total. The molecule has 1 aliphatic heterocycles. The van der Waals surface area contributed by atoms with Gasteiger partial charge >= 0.3 is 5.97 Å². The predicted molar refractivity (Wildman–Crippen MR) is 139 cm³/mol. The maximum absolute atomic E-state index is 14.1. The molecule has 5 rings (SSSR count). The Morgan fingerprint density at radius 3 is 2.50 bits per heavy atom. The number of aromatic nitrogens is 1. The number of nitrogens with zero attached hydrogens (tertiary/aromatic N) is 2. The number of amides is 2. The van der Waals surface area contributed by atoms with E-state index in [-0.39, 0.29) is 30.9 Å². The molecule has 2 heterocycles. The molecule has 2 unspecified atom stereocenters. The highest BCUT2D eigenvalue weighted by Crippen LogP contribution is 2.41. The lowest BCUT2D eigenvalue weighted by atomic mass is 9.94. The van der Waals surface area contributed by atoms with Crippen LogP contribution in [0.25, 0.3) is 10.9 Å². The van der Waals surface area contributed by atoms with E-state index >= 15 is 0 Å². The first-order valence-corrected chi connectivity index (χ1v) is 13.0. The Labute approximate surface area is 215 Å². The molecule has 36 heavy (non-hydrogen) atoms. The molecule has 0 radical (unpaired) electrons. The first-order valence-electron chi connectivity index (χ1n) is 12.6. The molecule has 2 aromatic carbocycles. The number of hydrogen-bond acceptors (Lipinski definition) is 4. The average molecular weight is 508 g/mol. The third-order valence-corrected chi connectivity index (χ3v) is 7.37. The fourth-order valence-electron chi connectivity index (χ4n) is 5.50. The van der Waals surface area contributed by atoms with Crippen LogP contribution in [0, 0.1) is 0 Å². The van der Waals surface area contributed by atoms with E-state index in [1.54, 1.807) is 31.2 Å². The number of fused-ring (bicyclic) bond motifs is 3. The van der Waals surface area contributed by atoms with Crippen LogP contribution in [0.5, 0.6) is 0 Å². The number of carbonyl (C=O) groups is 3. The topological polar surface area (TPSA) is 80.6 Å². The monoisotopic (exact) mass is 507 g/mol. The average Bonchev–Trinajstić information content (AvgIpc) is 3.26. The number of ether oxygens (including phenoxy) is 1. The Bertz CT molecular complexity index is 1280. The number of esters is 1. The third-order valence-electron chi connectivity index (χ3n) is 7.12. The molecule has 2 atom stereocenters. The van der Waals surface area contributed by atoms with Gasteiger partial charge in [0.25, 0.3) is 5.91 Å². The number of halogens is 1. The van der Waals surface area contributed by atoms with Gasteiger partial charge in [0.15, 0.2) is 6.04 Å². The number of anilines is 1. The van der Waals surface area contributed by atoms with E-state index in [1.165, 1.54) is 11.3 Å². The quantitative estimate of drug-likeness (QED) is 0.457. The van der Waals surface area contributed by atoms with Gasteiger partial charge in [0.05, 0.1) is 18.7 Å². The van der Waals surface area contributed by atoms with Gasteiger partial charge in [-0.05, 0) is 61.5 Å².